The quantitative estimate of drug-likeness (QED) is 0.600. The van der Waals surface area contributed by atoms with Gasteiger partial charge in [-0.05, 0) is 12.8 Å². The first-order valence-electron chi connectivity index (χ1n) is 4.15. The molecular weight excluding hydrogens is 142 g/mol. The van der Waals surface area contributed by atoms with E-state index in [9.17, 15) is 0 Å². The Balaban J connectivity index is 1.99. The molecule has 0 radical (unpaired) electrons. The molecule has 0 aromatic carbocycles. The Morgan fingerprint density at radius 3 is 2.36 bits per heavy atom. The first-order valence-corrected chi connectivity index (χ1v) is 4.15. The maximum Gasteiger partial charge on any atom is 0.169 e. The van der Waals surface area contributed by atoms with Gasteiger partial charge in [-0.2, -0.15) is 0 Å². The number of hydrogen-bond acceptors (Lipinski definition) is 3. The average molecular weight is 159 g/mol. The average Bonchev–Trinajstić information content (AvgIpc) is 1.95. The highest BCUT2D eigenvalue weighted by molar-refractivity contribution is 4.76. The largest absolute Gasteiger partial charge is 0.355 e. The van der Waals surface area contributed by atoms with Gasteiger partial charge in [-0.1, -0.05) is 6.42 Å². The first-order chi connectivity index (χ1) is 5.36. The third-order valence-corrected chi connectivity index (χ3v) is 2.20. The van der Waals surface area contributed by atoms with Gasteiger partial charge in [0.2, 0.25) is 0 Å². The van der Waals surface area contributed by atoms with Crippen molar-refractivity contribution in [2.24, 2.45) is 0 Å². The van der Waals surface area contributed by atoms with E-state index >= 15 is 0 Å². The zero-order valence-electron chi connectivity index (χ0n) is 7.30. The van der Waals surface area contributed by atoms with E-state index in [-0.39, 0.29) is 6.29 Å². The molecule has 0 aliphatic heterocycles. The summed E-state index contributed by atoms with van der Waals surface area (Å²) in [6, 6.07) is 0.711. The lowest BCUT2D eigenvalue weighted by molar-refractivity contribution is -0.101. The van der Waals surface area contributed by atoms with E-state index in [1.807, 2.05) is 0 Å². The molecule has 1 N–H and O–H groups in total. The minimum atomic E-state index is -0.0874. The maximum absolute atomic E-state index is 5.03. The standard InChI is InChI=1S/C8H17NO2/c1-10-8(11-2)6-9-7-4-3-5-7/h7-9H,3-6H2,1-2H3. The molecule has 1 saturated carbocycles. The fourth-order valence-electron chi connectivity index (χ4n) is 1.14. The van der Waals surface area contributed by atoms with Crippen molar-refractivity contribution in [2.45, 2.75) is 31.6 Å². The van der Waals surface area contributed by atoms with Crippen molar-refractivity contribution in [2.75, 3.05) is 20.8 Å². The Hall–Kier alpha value is -0.120. The van der Waals surface area contributed by atoms with Crippen LogP contribution in [0.15, 0.2) is 0 Å². The van der Waals surface area contributed by atoms with Gasteiger partial charge in [0, 0.05) is 26.8 Å². The van der Waals surface area contributed by atoms with Crippen LogP contribution in [0, 0.1) is 0 Å². The second-order valence-electron chi connectivity index (χ2n) is 2.94. The van der Waals surface area contributed by atoms with E-state index in [1.165, 1.54) is 19.3 Å². The van der Waals surface area contributed by atoms with Crippen molar-refractivity contribution >= 4 is 0 Å². The lowest BCUT2D eigenvalue weighted by Crippen LogP contribution is -2.40. The van der Waals surface area contributed by atoms with Gasteiger partial charge in [-0.25, -0.2) is 0 Å². The van der Waals surface area contributed by atoms with Crippen LogP contribution in [-0.4, -0.2) is 33.1 Å². The highest BCUT2D eigenvalue weighted by Gasteiger charge is 2.17. The molecule has 0 aromatic rings. The molecule has 1 aliphatic carbocycles. The molecule has 1 aliphatic rings. The van der Waals surface area contributed by atoms with Crippen LogP contribution >= 0.6 is 0 Å². The molecule has 0 atom stereocenters. The van der Waals surface area contributed by atoms with E-state index in [0.29, 0.717) is 6.04 Å². The lowest BCUT2D eigenvalue weighted by Gasteiger charge is -2.28. The summed E-state index contributed by atoms with van der Waals surface area (Å²) in [6.07, 6.45) is 3.89. The SMILES string of the molecule is COC(CNC1CCC1)OC. The smallest absolute Gasteiger partial charge is 0.169 e. The normalized spacial score (nSPS) is 18.8. The summed E-state index contributed by atoms with van der Waals surface area (Å²) in [7, 11) is 3.33. The number of rotatable bonds is 5. The molecule has 0 unspecified atom stereocenters. The second-order valence-corrected chi connectivity index (χ2v) is 2.94. The van der Waals surface area contributed by atoms with Crippen LogP contribution in [0.5, 0.6) is 0 Å². The fraction of sp³-hybridized carbons (Fsp3) is 1.00. The van der Waals surface area contributed by atoms with Crippen molar-refractivity contribution in [1.82, 2.24) is 5.32 Å². The Morgan fingerprint density at radius 2 is 2.00 bits per heavy atom. The highest BCUT2D eigenvalue weighted by atomic mass is 16.7. The highest BCUT2D eigenvalue weighted by Crippen LogP contribution is 2.17. The summed E-state index contributed by atoms with van der Waals surface area (Å²) in [4.78, 5) is 0. The van der Waals surface area contributed by atoms with E-state index in [0.717, 1.165) is 6.54 Å². The van der Waals surface area contributed by atoms with Gasteiger partial charge in [0.15, 0.2) is 6.29 Å². The predicted molar refractivity (Wildman–Crippen MR) is 43.4 cm³/mol. The van der Waals surface area contributed by atoms with Crippen molar-refractivity contribution < 1.29 is 9.47 Å². The molecule has 1 rings (SSSR count). The summed E-state index contributed by atoms with van der Waals surface area (Å²) in [5.41, 5.74) is 0. The molecule has 1 fully saturated rings. The molecular formula is C8H17NO2. The molecule has 0 amide bonds. The van der Waals surface area contributed by atoms with Gasteiger partial charge in [0.1, 0.15) is 0 Å². The minimum Gasteiger partial charge on any atom is -0.355 e. The maximum atomic E-state index is 5.03. The zero-order valence-corrected chi connectivity index (χ0v) is 7.30. The minimum absolute atomic E-state index is 0.0874. The van der Waals surface area contributed by atoms with E-state index in [1.54, 1.807) is 14.2 Å². The van der Waals surface area contributed by atoms with Crippen molar-refractivity contribution in [3.63, 3.8) is 0 Å². The number of hydrogen-bond donors (Lipinski definition) is 1. The third kappa shape index (κ3) is 2.77. The summed E-state index contributed by atoms with van der Waals surface area (Å²) in [5.74, 6) is 0. The third-order valence-electron chi connectivity index (χ3n) is 2.20. The molecule has 11 heavy (non-hydrogen) atoms. The van der Waals surface area contributed by atoms with Gasteiger partial charge in [-0.3, -0.25) is 0 Å². The van der Waals surface area contributed by atoms with E-state index in [4.69, 9.17) is 9.47 Å². The molecule has 0 saturated heterocycles. The summed E-state index contributed by atoms with van der Waals surface area (Å²) in [5, 5.41) is 3.37. The van der Waals surface area contributed by atoms with Gasteiger partial charge in [0.25, 0.3) is 0 Å². The van der Waals surface area contributed by atoms with E-state index < -0.39 is 0 Å². The van der Waals surface area contributed by atoms with Crippen LogP contribution in [0.1, 0.15) is 19.3 Å². The van der Waals surface area contributed by atoms with Crippen LogP contribution < -0.4 is 5.32 Å². The first kappa shape index (κ1) is 8.97. The fourth-order valence-corrected chi connectivity index (χ4v) is 1.14. The van der Waals surface area contributed by atoms with Gasteiger partial charge in [0.05, 0.1) is 0 Å². The molecule has 3 heteroatoms. The van der Waals surface area contributed by atoms with Crippen LogP contribution in [0.3, 0.4) is 0 Å². The molecule has 0 spiro atoms. The zero-order chi connectivity index (χ0) is 8.10. The van der Waals surface area contributed by atoms with Gasteiger partial charge < -0.3 is 14.8 Å². The number of nitrogens with one attached hydrogen (secondary N) is 1. The Kier molecular flexibility index (Phi) is 3.83. The molecule has 66 valence electrons. The predicted octanol–water partition coefficient (Wildman–Crippen LogP) is 0.747. The van der Waals surface area contributed by atoms with Crippen LogP contribution in [0.2, 0.25) is 0 Å². The second kappa shape index (κ2) is 4.70. The summed E-state index contributed by atoms with van der Waals surface area (Å²) in [6.45, 7) is 0.803. The number of methoxy groups -OCH3 is 2. The topological polar surface area (TPSA) is 30.5 Å². The van der Waals surface area contributed by atoms with E-state index in [2.05, 4.69) is 5.32 Å². The van der Waals surface area contributed by atoms with Crippen LogP contribution in [0.25, 0.3) is 0 Å². The molecule has 3 nitrogen and oxygen atoms in total. The van der Waals surface area contributed by atoms with Crippen LogP contribution in [-0.2, 0) is 9.47 Å². The Labute approximate surface area is 68.1 Å². The molecule has 0 aromatic heterocycles. The van der Waals surface area contributed by atoms with Crippen molar-refractivity contribution in [3.8, 4) is 0 Å². The monoisotopic (exact) mass is 159 g/mol. The Morgan fingerprint density at radius 1 is 1.36 bits per heavy atom. The summed E-state index contributed by atoms with van der Waals surface area (Å²) >= 11 is 0. The lowest BCUT2D eigenvalue weighted by atomic mass is 9.93. The molecule has 0 heterocycles. The van der Waals surface area contributed by atoms with Gasteiger partial charge >= 0.3 is 0 Å². The van der Waals surface area contributed by atoms with Crippen LogP contribution in [0.4, 0.5) is 0 Å². The summed E-state index contributed by atoms with van der Waals surface area (Å²) < 4.78 is 10.1. The Bertz CT molecular complexity index is 100. The van der Waals surface area contributed by atoms with Crippen molar-refractivity contribution in [1.29, 1.82) is 0 Å². The van der Waals surface area contributed by atoms with Gasteiger partial charge in [-0.15, -0.1) is 0 Å². The number of ether oxygens (including phenoxy) is 2. The molecule has 0 bridgehead atoms. The van der Waals surface area contributed by atoms with Crippen molar-refractivity contribution in [3.05, 3.63) is 0 Å².